The molecule has 2 nitrogen and oxygen atoms in total. The SMILES string of the molecule is CC(=O)Oc1c2ccccc2c(-c2c3ccccc3c(Br)c3ccccc23)c2ccccc12. The van der Waals surface area contributed by atoms with Crippen molar-refractivity contribution in [2.24, 2.45) is 0 Å². The van der Waals surface area contributed by atoms with Gasteiger partial charge in [-0.15, -0.1) is 0 Å². The van der Waals surface area contributed by atoms with Gasteiger partial charge in [0.15, 0.2) is 0 Å². The molecule has 0 unspecified atom stereocenters. The van der Waals surface area contributed by atoms with Crippen molar-refractivity contribution < 1.29 is 9.53 Å². The molecule has 158 valence electrons. The quantitative estimate of drug-likeness (QED) is 0.138. The fourth-order valence-corrected chi connectivity index (χ4v) is 5.65. The van der Waals surface area contributed by atoms with E-state index in [4.69, 9.17) is 4.74 Å². The number of ether oxygens (including phenoxy) is 1. The standard InChI is InChI=1S/C30H19BrO2/c1-18(32)33-30-25-16-8-4-12-21(25)28(22-13-5-9-17-26(22)30)27-19-10-2-6-14-23(19)29(31)24-15-7-3-11-20(24)27/h2-17H,1H3. The number of rotatable bonds is 2. The molecule has 0 saturated heterocycles. The second-order valence-corrected chi connectivity index (χ2v) is 8.96. The van der Waals surface area contributed by atoms with Crippen molar-refractivity contribution in [1.29, 1.82) is 0 Å². The molecule has 0 bridgehead atoms. The van der Waals surface area contributed by atoms with Gasteiger partial charge in [0.25, 0.3) is 0 Å². The third-order valence-corrected chi connectivity index (χ3v) is 7.10. The van der Waals surface area contributed by atoms with Crippen LogP contribution in [0.5, 0.6) is 5.75 Å². The van der Waals surface area contributed by atoms with E-state index >= 15 is 0 Å². The highest BCUT2D eigenvalue weighted by molar-refractivity contribution is 9.10. The van der Waals surface area contributed by atoms with E-state index in [0.29, 0.717) is 5.75 Å². The van der Waals surface area contributed by atoms with Gasteiger partial charge in [0, 0.05) is 22.2 Å². The summed E-state index contributed by atoms with van der Waals surface area (Å²) < 4.78 is 6.88. The van der Waals surface area contributed by atoms with Crippen LogP contribution < -0.4 is 4.74 Å². The van der Waals surface area contributed by atoms with Gasteiger partial charge in [0.2, 0.25) is 0 Å². The van der Waals surface area contributed by atoms with Crippen LogP contribution in [0.1, 0.15) is 6.92 Å². The number of fused-ring (bicyclic) bond motifs is 4. The van der Waals surface area contributed by atoms with Gasteiger partial charge in [0.05, 0.1) is 0 Å². The number of carbonyl (C=O) groups is 1. The topological polar surface area (TPSA) is 26.3 Å². The molecule has 6 aromatic carbocycles. The van der Waals surface area contributed by atoms with Gasteiger partial charge < -0.3 is 4.74 Å². The molecule has 0 radical (unpaired) electrons. The molecule has 0 saturated carbocycles. The first-order valence-electron chi connectivity index (χ1n) is 10.9. The minimum absolute atomic E-state index is 0.322. The predicted molar refractivity (Wildman–Crippen MR) is 141 cm³/mol. The second-order valence-electron chi connectivity index (χ2n) is 8.17. The summed E-state index contributed by atoms with van der Waals surface area (Å²) in [5.41, 5.74) is 2.34. The average Bonchev–Trinajstić information content (AvgIpc) is 2.85. The Labute approximate surface area is 199 Å². The van der Waals surface area contributed by atoms with Crippen molar-refractivity contribution in [3.63, 3.8) is 0 Å². The van der Waals surface area contributed by atoms with Crippen LogP contribution in [-0.2, 0) is 4.79 Å². The minimum Gasteiger partial charge on any atom is -0.425 e. The molecule has 0 aliphatic carbocycles. The molecule has 33 heavy (non-hydrogen) atoms. The first-order chi connectivity index (χ1) is 16.1. The lowest BCUT2D eigenvalue weighted by molar-refractivity contribution is -0.131. The molecule has 0 aliphatic heterocycles. The number of benzene rings is 6. The van der Waals surface area contributed by atoms with Crippen molar-refractivity contribution in [3.05, 3.63) is 102 Å². The average molecular weight is 491 g/mol. The summed E-state index contributed by atoms with van der Waals surface area (Å²) in [7, 11) is 0. The highest BCUT2D eigenvalue weighted by Crippen LogP contribution is 2.48. The molecule has 0 N–H and O–H groups in total. The minimum atomic E-state index is -0.322. The summed E-state index contributed by atoms with van der Waals surface area (Å²) in [6, 6.07) is 33.4. The molecule has 0 atom stereocenters. The Hall–Kier alpha value is -3.69. The van der Waals surface area contributed by atoms with Crippen LogP contribution in [-0.4, -0.2) is 5.97 Å². The summed E-state index contributed by atoms with van der Waals surface area (Å²) in [6.45, 7) is 1.45. The predicted octanol–water partition coefficient (Wildman–Crippen LogP) is 8.65. The molecule has 6 rings (SSSR count). The number of hydrogen-bond acceptors (Lipinski definition) is 2. The summed E-state index contributed by atoms with van der Waals surface area (Å²) >= 11 is 3.87. The smallest absolute Gasteiger partial charge is 0.308 e. The van der Waals surface area contributed by atoms with Crippen LogP contribution in [0, 0.1) is 0 Å². The maximum atomic E-state index is 12.0. The van der Waals surface area contributed by atoms with E-state index in [1.807, 2.05) is 36.4 Å². The van der Waals surface area contributed by atoms with Gasteiger partial charge in [-0.1, -0.05) is 97.1 Å². The highest BCUT2D eigenvalue weighted by atomic mass is 79.9. The molecule has 0 aliphatic rings. The first kappa shape index (κ1) is 20.0. The summed E-state index contributed by atoms with van der Waals surface area (Å²) in [5.74, 6) is 0.292. The van der Waals surface area contributed by atoms with Crippen LogP contribution in [0.15, 0.2) is 102 Å². The summed E-state index contributed by atoms with van der Waals surface area (Å²) in [6.07, 6.45) is 0. The van der Waals surface area contributed by atoms with Gasteiger partial charge >= 0.3 is 5.97 Å². The fraction of sp³-hybridized carbons (Fsp3) is 0.0333. The van der Waals surface area contributed by atoms with E-state index in [0.717, 1.165) is 31.6 Å². The van der Waals surface area contributed by atoms with Gasteiger partial charge in [0.1, 0.15) is 5.75 Å². The summed E-state index contributed by atoms with van der Waals surface area (Å²) in [5, 5.41) is 8.68. The maximum absolute atomic E-state index is 12.0. The van der Waals surface area contributed by atoms with Crippen LogP contribution in [0.3, 0.4) is 0 Å². The van der Waals surface area contributed by atoms with E-state index in [-0.39, 0.29) is 5.97 Å². The summed E-state index contributed by atoms with van der Waals surface area (Å²) in [4.78, 5) is 12.0. The highest BCUT2D eigenvalue weighted by Gasteiger charge is 2.21. The first-order valence-corrected chi connectivity index (χ1v) is 11.7. The lowest BCUT2D eigenvalue weighted by atomic mass is 9.86. The van der Waals surface area contributed by atoms with Crippen molar-refractivity contribution in [3.8, 4) is 16.9 Å². The zero-order chi connectivity index (χ0) is 22.5. The van der Waals surface area contributed by atoms with Gasteiger partial charge in [-0.05, 0) is 59.4 Å². The van der Waals surface area contributed by atoms with Crippen molar-refractivity contribution in [2.45, 2.75) is 6.92 Å². The lowest BCUT2D eigenvalue weighted by Crippen LogP contribution is -2.03. The van der Waals surface area contributed by atoms with Gasteiger partial charge in [-0.3, -0.25) is 4.79 Å². The Morgan fingerprint density at radius 2 is 0.848 bits per heavy atom. The zero-order valence-corrected chi connectivity index (χ0v) is 19.5. The van der Waals surface area contributed by atoms with Crippen LogP contribution >= 0.6 is 15.9 Å². The molecule has 0 fully saturated rings. The second kappa shape index (κ2) is 7.72. The van der Waals surface area contributed by atoms with Crippen LogP contribution in [0.2, 0.25) is 0 Å². The third kappa shape index (κ3) is 3.04. The Bertz CT molecular complexity index is 1620. The number of hydrogen-bond donors (Lipinski definition) is 0. The van der Waals surface area contributed by atoms with Gasteiger partial charge in [-0.2, -0.15) is 0 Å². The van der Waals surface area contributed by atoms with Crippen molar-refractivity contribution >= 4 is 65.0 Å². The zero-order valence-electron chi connectivity index (χ0n) is 17.9. The number of halogens is 1. The third-order valence-electron chi connectivity index (χ3n) is 6.24. The molecule has 0 heterocycles. The number of carbonyl (C=O) groups excluding carboxylic acids is 1. The Balaban J connectivity index is 1.92. The maximum Gasteiger partial charge on any atom is 0.308 e. The molecular formula is C30H19BrO2. The van der Waals surface area contributed by atoms with Crippen molar-refractivity contribution in [1.82, 2.24) is 0 Å². The van der Waals surface area contributed by atoms with Crippen molar-refractivity contribution in [2.75, 3.05) is 0 Å². The normalized spacial score (nSPS) is 11.5. The molecule has 0 aromatic heterocycles. The van der Waals surface area contributed by atoms with E-state index in [2.05, 4.69) is 76.6 Å². The molecule has 0 amide bonds. The molecule has 0 spiro atoms. The lowest BCUT2D eigenvalue weighted by Gasteiger charge is -2.20. The van der Waals surface area contributed by atoms with E-state index in [1.54, 1.807) is 0 Å². The van der Waals surface area contributed by atoms with Crippen LogP contribution in [0.25, 0.3) is 54.2 Å². The Morgan fingerprint density at radius 3 is 1.21 bits per heavy atom. The Morgan fingerprint density at radius 1 is 0.545 bits per heavy atom. The molecular weight excluding hydrogens is 472 g/mol. The monoisotopic (exact) mass is 490 g/mol. The number of esters is 1. The van der Waals surface area contributed by atoms with Gasteiger partial charge in [-0.25, -0.2) is 0 Å². The molecule has 3 heteroatoms. The van der Waals surface area contributed by atoms with E-state index in [1.165, 1.54) is 34.0 Å². The van der Waals surface area contributed by atoms with E-state index in [9.17, 15) is 4.79 Å². The van der Waals surface area contributed by atoms with Crippen LogP contribution in [0.4, 0.5) is 0 Å². The molecule has 6 aromatic rings. The fourth-order valence-electron chi connectivity index (χ4n) is 4.96. The van der Waals surface area contributed by atoms with E-state index < -0.39 is 0 Å². The Kier molecular flexibility index (Phi) is 4.67. The largest absolute Gasteiger partial charge is 0.425 e.